The zero-order valence-corrected chi connectivity index (χ0v) is 10.4. The van der Waals surface area contributed by atoms with Crippen LogP contribution in [0.4, 0.5) is 5.82 Å². The maximum absolute atomic E-state index is 9.13. The number of rotatable bonds is 5. The van der Waals surface area contributed by atoms with E-state index in [9.17, 15) is 0 Å². The maximum Gasteiger partial charge on any atom is 0.145 e. The summed E-state index contributed by atoms with van der Waals surface area (Å²) in [6.07, 6.45) is 4.49. The highest BCUT2D eigenvalue weighted by molar-refractivity contribution is 5.60. The molecule has 18 heavy (non-hydrogen) atoms. The average molecular weight is 243 g/mol. The normalized spacial score (nSPS) is 10.3. The van der Waals surface area contributed by atoms with Gasteiger partial charge in [-0.2, -0.15) is 0 Å². The number of nitrogens with zero attached hydrogens (tertiary/aromatic N) is 2. The number of benzene rings is 1. The van der Waals surface area contributed by atoms with Crippen molar-refractivity contribution >= 4 is 5.82 Å². The molecule has 1 aromatic carbocycles. The van der Waals surface area contributed by atoms with Crippen LogP contribution in [0, 0.1) is 0 Å². The fourth-order valence-electron chi connectivity index (χ4n) is 1.67. The molecule has 2 aromatic rings. The number of hydrogen-bond donors (Lipinski definition) is 2. The van der Waals surface area contributed by atoms with Crippen LogP contribution in [0.5, 0.6) is 0 Å². The summed E-state index contributed by atoms with van der Waals surface area (Å²) in [6, 6.07) is 7.69. The van der Waals surface area contributed by atoms with E-state index in [1.165, 1.54) is 0 Å². The SMILES string of the molecule is CCCNc1cncc(-c2cccc(CO)c2)n1. The Morgan fingerprint density at radius 1 is 1.28 bits per heavy atom. The summed E-state index contributed by atoms with van der Waals surface area (Å²) < 4.78 is 0. The van der Waals surface area contributed by atoms with Crippen LogP contribution in [0.3, 0.4) is 0 Å². The molecule has 0 fully saturated rings. The fourth-order valence-corrected chi connectivity index (χ4v) is 1.67. The first-order valence-corrected chi connectivity index (χ1v) is 6.09. The van der Waals surface area contributed by atoms with Crippen molar-refractivity contribution in [2.24, 2.45) is 0 Å². The van der Waals surface area contributed by atoms with E-state index < -0.39 is 0 Å². The highest BCUT2D eigenvalue weighted by Crippen LogP contribution is 2.19. The van der Waals surface area contributed by atoms with Crippen molar-refractivity contribution < 1.29 is 5.11 Å². The second-order valence-electron chi connectivity index (χ2n) is 4.07. The molecule has 2 rings (SSSR count). The third-order valence-corrected chi connectivity index (χ3v) is 2.60. The van der Waals surface area contributed by atoms with Gasteiger partial charge in [0.2, 0.25) is 0 Å². The van der Waals surface area contributed by atoms with Gasteiger partial charge in [-0.15, -0.1) is 0 Å². The van der Waals surface area contributed by atoms with Crippen LogP contribution in [-0.2, 0) is 6.61 Å². The van der Waals surface area contributed by atoms with Crippen molar-refractivity contribution in [2.75, 3.05) is 11.9 Å². The van der Waals surface area contributed by atoms with Gasteiger partial charge >= 0.3 is 0 Å². The third-order valence-electron chi connectivity index (χ3n) is 2.60. The minimum absolute atomic E-state index is 0.0367. The molecule has 0 amide bonds. The van der Waals surface area contributed by atoms with Crippen LogP contribution in [0.15, 0.2) is 36.7 Å². The molecule has 1 aromatic heterocycles. The summed E-state index contributed by atoms with van der Waals surface area (Å²) in [5.74, 6) is 0.781. The van der Waals surface area contributed by atoms with Gasteiger partial charge < -0.3 is 10.4 Å². The lowest BCUT2D eigenvalue weighted by atomic mass is 10.1. The number of aliphatic hydroxyl groups is 1. The summed E-state index contributed by atoms with van der Waals surface area (Å²) >= 11 is 0. The van der Waals surface area contributed by atoms with E-state index in [-0.39, 0.29) is 6.61 Å². The van der Waals surface area contributed by atoms with Crippen molar-refractivity contribution in [2.45, 2.75) is 20.0 Å². The molecule has 0 saturated heterocycles. The Kier molecular flexibility index (Phi) is 4.25. The molecule has 0 aliphatic heterocycles. The zero-order valence-electron chi connectivity index (χ0n) is 10.4. The minimum atomic E-state index is 0.0367. The number of aliphatic hydroxyl groups excluding tert-OH is 1. The van der Waals surface area contributed by atoms with Gasteiger partial charge in [0.25, 0.3) is 0 Å². The van der Waals surface area contributed by atoms with Gasteiger partial charge in [-0.1, -0.05) is 25.1 Å². The monoisotopic (exact) mass is 243 g/mol. The second-order valence-corrected chi connectivity index (χ2v) is 4.07. The molecular weight excluding hydrogens is 226 g/mol. The van der Waals surface area contributed by atoms with Crippen molar-refractivity contribution in [3.05, 3.63) is 42.2 Å². The van der Waals surface area contributed by atoms with Gasteiger partial charge in [-0.3, -0.25) is 4.98 Å². The number of anilines is 1. The van der Waals surface area contributed by atoms with Crippen molar-refractivity contribution in [1.29, 1.82) is 0 Å². The number of nitrogens with one attached hydrogen (secondary N) is 1. The van der Waals surface area contributed by atoms with Crippen LogP contribution < -0.4 is 5.32 Å². The van der Waals surface area contributed by atoms with Gasteiger partial charge in [0.15, 0.2) is 0 Å². The van der Waals surface area contributed by atoms with E-state index in [1.807, 2.05) is 24.3 Å². The molecule has 0 bridgehead atoms. The number of hydrogen-bond acceptors (Lipinski definition) is 4. The summed E-state index contributed by atoms with van der Waals surface area (Å²) in [4.78, 5) is 8.68. The molecular formula is C14H17N3O. The molecule has 0 aliphatic carbocycles. The molecule has 4 nitrogen and oxygen atoms in total. The molecule has 0 aliphatic rings. The lowest BCUT2D eigenvalue weighted by Gasteiger charge is -2.06. The Morgan fingerprint density at radius 2 is 2.17 bits per heavy atom. The molecule has 0 spiro atoms. The minimum Gasteiger partial charge on any atom is -0.392 e. The summed E-state index contributed by atoms with van der Waals surface area (Å²) in [5, 5.41) is 12.3. The first kappa shape index (κ1) is 12.5. The van der Waals surface area contributed by atoms with E-state index in [2.05, 4.69) is 22.2 Å². The van der Waals surface area contributed by atoms with Crippen LogP contribution in [-0.4, -0.2) is 21.6 Å². The van der Waals surface area contributed by atoms with E-state index in [0.717, 1.165) is 35.6 Å². The van der Waals surface area contributed by atoms with E-state index in [0.29, 0.717) is 0 Å². The van der Waals surface area contributed by atoms with Crippen LogP contribution in [0.2, 0.25) is 0 Å². The highest BCUT2D eigenvalue weighted by Gasteiger charge is 2.02. The van der Waals surface area contributed by atoms with Gasteiger partial charge in [0, 0.05) is 12.1 Å². The Hall–Kier alpha value is -1.94. The fraction of sp³-hybridized carbons (Fsp3) is 0.286. The lowest BCUT2D eigenvalue weighted by molar-refractivity contribution is 0.282. The van der Waals surface area contributed by atoms with E-state index >= 15 is 0 Å². The average Bonchev–Trinajstić information content (AvgIpc) is 2.45. The first-order valence-electron chi connectivity index (χ1n) is 6.09. The zero-order chi connectivity index (χ0) is 12.8. The van der Waals surface area contributed by atoms with Crippen molar-refractivity contribution in [1.82, 2.24) is 9.97 Å². The molecule has 2 N–H and O–H groups in total. The van der Waals surface area contributed by atoms with Gasteiger partial charge in [0.05, 0.1) is 24.7 Å². The number of aromatic nitrogens is 2. The van der Waals surface area contributed by atoms with E-state index in [4.69, 9.17) is 5.11 Å². The second kappa shape index (κ2) is 6.12. The molecule has 0 saturated carbocycles. The summed E-state index contributed by atoms with van der Waals surface area (Å²) in [6.45, 7) is 3.03. The largest absolute Gasteiger partial charge is 0.392 e. The first-order chi connectivity index (χ1) is 8.83. The Morgan fingerprint density at radius 3 is 2.94 bits per heavy atom. The predicted octanol–water partition coefficient (Wildman–Crippen LogP) is 2.46. The smallest absolute Gasteiger partial charge is 0.145 e. The quantitative estimate of drug-likeness (QED) is 0.847. The van der Waals surface area contributed by atoms with Crippen LogP contribution >= 0.6 is 0 Å². The Balaban J connectivity index is 2.26. The molecule has 0 atom stereocenters. The third kappa shape index (κ3) is 3.05. The molecule has 0 unspecified atom stereocenters. The standard InChI is InChI=1S/C14H17N3O/c1-2-6-16-14-9-15-8-13(17-14)12-5-3-4-11(7-12)10-18/h3-5,7-9,18H,2,6,10H2,1H3,(H,16,17). The molecule has 4 heteroatoms. The predicted molar refractivity (Wildman–Crippen MR) is 72.2 cm³/mol. The van der Waals surface area contributed by atoms with Crippen LogP contribution in [0.25, 0.3) is 11.3 Å². The molecule has 0 radical (unpaired) electrons. The van der Waals surface area contributed by atoms with Gasteiger partial charge in [-0.05, 0) is 18.1 Å². The summed E-state index contributed by atoms with van der Waals surface area (Å²) in [7, 11) is 0. The summed E-state index contributed by atoms with van der Waals surface area (Å²) in [5.41, 5.74) is 2.65. The lowest BCUT2D eigenvalue weighted by Crippen LogP contribution is -2.02. The van der Waals surface area contributed by atoms with Crippen molar-refractivity contribution in [3.8, 4) is 11.3 Å². The van der Waals surface area contributed by atoms with Gasteiger partial charge in [0.1, 0.15) is 5.82 Å². The molecule has 94 valence electrons. The van der Waals surface area contributed by atoms with Crippen molar-refractivity contribution in [3.63, 3.8) is 0 Å². The van der Waals surface area contributed by atoms with Crippen LogP contribution in [0.1, 0.15) is 18.9 Å². The highest BCUT2D eigenvalue weighted by atomic mass is 16.3. The van der Waals surface area contributed by atoms with E-state index in [1.54, 1.807) is 12.4 Å². The Labute approximate surface area is 107 Å². The molecule has 1 heterocycles. The maximum atomic E-state index is 9.13. The topological polar surface area (TPSA) is 58.0 Å². The van der Waals surface area contributed by atoms with Gasteiger partial charge in [-0.25, -0.2) is 4.98 Å². The Bertz CT molecular complexity index is 514.